The highest BCUT2D eigenvalue weighted by atomic mass is 16.6. The van der Waals surface area contributed by atoms with Crippen molar-refractivity contribution in [1.29, 1.82) is 0 Å². The van der Waals surface area contributed by atoms with Crippen LogP contribution < -0.4 is 14.8 Å². The number of carbonyl (C=O) groups excluding carboxylic acids is 2. The zero-order chi connectivity index (χ0) is 21.5. The second kappa shape index (κ2) is 9.80. The Kier molecular flexibility index (Phi) is 6.47. The van der Waals surface area contributed by atoms with Gasteiger partial charge < -0.3 is 19.5 Å². The van der Waals surface area contributed by atoms with Crippen LogP contribution in [-0.2, 0) is 27.4 Å². The van der Waals surface area contributed by atoms with E-state index < -0.39 is 24.0 Å². The monoisotopic (exact) mass is 417 g/mol. The van der Waals surface area contributed by atoms with Crippen LogP contribution in [0.4, 0.5) is 0 Å². The van der Waals surface area contributed by atoms with Crippen LogP contribution >= 0.6 is 0 Å². The highest BCUT2D eigenvalue weighted by molar-refractivity contribution is 5.87. The lowest BCUT2D eigenvalue weighted by Gasteiger charge is -2.27. The van der Waals surface area contributed by atoms with Crippen molar-refractivity contribution >= 4 is 11.9 Å². The largest absolute Gasteiger partial charge is 0.485 e. The molecule has 1 aliphatic heterocycles. The topological polar surface area (TPSA) is 73.9 Å². The molecule has 2 atom stereocenters. The van der Waals surface area contributed by atoms with Gasteiger partial charge in [0.2, 0.25) is 6.10 Å². The minimum atomic E-state index is -0.852. The molecule has 0 spiro atoms. The van der Waals surface area contributed by atoms with Gasteiger partial charge in [-0.2, -0.15) is 0 Å². The van der Waals surface area contributed by atoms with Crippen LogP contribution in [0.5, 0.6) is 11.5 Å². The number of nitrogens with one attached hydrogen (secondary N) is 1. The van der Waals surface area contributed by atoms with E-state index in [1.165, 1.54) is 0 Å². The molecule has 3 aromatic carbocycles. The van der Waals surface area contributed by atoms with Gasteiger partial charge in [0.1, 0.15) is 19.3 Å². The molecule has 0 aromatic heterocycles. The van der Waals surface area contributed by atoms with E-state index in [9.17, 15) is 9.59 Å². The number of ether oxygens (including phenoxy) is 3. The highest BCUT2D eigenvalue weighted by Crippen LogP contribution is 2.30. The minimum absolute atomic E-state index is 0.0694. The number of carbonyl (C=O) groups is 2. The summed E-state index contributed by atoms with van der Waals surface area (Å²) < 4.78 is 16.9. The van der Waals surface area contributed by atoms with E-state index in [1.54, 1.807) is 12.1 Å². The van der Waals surface area contributed by atoms with Crippen molar-refractivity contribution in [3.05, 3.63) is 96.1 Å². The van der Waals surface area contributed by atoms with Crippen molar-refractivity contribution in [2.75, 3.05) is 6.61 Å². The quantitative estimate of drug-likeness (QED) is 0.597. The van der Waals surface area contributed by atoms with Crippen LogP contribution in [-0.4, -0.2) is 30.6 Å². The second-order valence-corrected chi connectivity index (χ2v) is 7.21. The molecule has 4 rings (SSSR count). The molecule has 0 radical (unpaired) electrons. The summed E-state index contributed by atoms with van der Waals surface area (Å²) >= 11 is 0. The lowest BCUT2D eigenvalue weighted by molar-refractivity contribution is -0.150. The number of rotatable bonds is 7. The first-order valence-corrected chi connectivity index (χ1v) is 10.1. The Labute approximate surface area is 180 Å². The highest BCUT2D eigenvalue weighted by Gasteiger charge is 2.31. The molecule has 1 aliphatic rings. The average molecular weight is 417 g/mol. The molecule has 0 saturated heterocycles. The van der Waals surface area contributed by atoms with Crippen molar-refractivity contribution in [3.63, 3.8) is 0 Å². The lowest BCUT2D eigenvalue weighted by Crippen LogP contribution is -2.51. The third-order valence-corrected chi connectivity index (χ3v) is 4.91. The first kappa shape index (κ1) is 20.5. The molecule has 1 heterocycles. The number of para-hydroxylation sites is 2. The maximum atomic E-state index is 12.9. The molecule has 1 amide bonds. The van der Waals surface area contributed by atoms with Gasteiger partial charge in [-0.05, 0) is 23.3 Å². The molecule has 158 valence electrons. The molecule has 3 aromatic rings. The van der Waals surface area contributed by atoms with E-state index in [0.29, 0.717) is 17.9 Å². The molecule has 0 bridgehead atoms. The summed E-state index contributed by atoms with van der Waals surface area (Å²) in [5, 5.41) is 2.78. The van der Waals surface area contributed by atoms with E-state index >= 15 is 0 Å². The number of hydrogen-bond acceptors (Lipinski definition) is 5. The lowest BCUT2D eigenvalue weighted by atomic mass is 10.1. The fourth-order valence-electron chi connectivity index (χ4n) is 3.29. The van der Waals surface area contributed by atoms with Gasteiger partial charge in [0, 0.05) is 6.42 Å². The van der Waals surface area contributed by atoms with Crippen LogP contribution in [0.25, 0.3) is 0 Å². The van der Waals surface area contributed by atoms with Crippen molar-refractivity contribution < 1.29 is 23.8 Å². The molecule has 31 heavy (non-hydrogen) atoms. The zero-order valence-corrected chi connectivity index (χ0v) is 16.9. The first-order chi connectivity index (χ1) is 15.2. The van der Waals surface area contributed by atoms with Crippen LogP contribution in [0.2, 0.25) is 0 Å². The van der Waals surface area contributed by atoms with E-state index in [4.69, 9.17) is 14.2 Å². The van der Waals surface area contributed by atoms with Crippen LogP contribution in [0.15, 0.2) is 84.9 Å². The average Bonchev–Trinajstić information content (AvgIpc) is 2.83. The van der Waals surface area contributed by atoms with E-state index in [1.807, 2.05) is 72.8 Å². The Morgan fingerprint density at radius 2 is 1.48 bits per heavy atom. The van der Waals surface area contributed by atoms with E-state index in [-0.39, 0.29) is 13.2 Å². The zero-order valence-electron chi connectivity index (χ0n) is 16.9. The van der Waals surface area contributed by atoms with Crippen molar-refractivity contribution in [3.8, 4) is 11.5 Å². The Bertz CT molecular complexity index is 1020. The smallest absolute Gasteiger partial charge is 0.329 e. The molecule has 0 saturated carbocycles. The number of benzene rings is 3. The SMILES string of the molecule is O=C(N[C@@H](Cc1ccccc1)C(=O)OCc1ccccc1)C1COc2ccccc2O1. The fraction of sp³-hybridized carbons (Fsp3) is 0.200. The van der Waals surface area contributed by atoms with Gasteiger partial charge in [-0.25, -0.2) is 4.79 Å². The standard InChI is InChI=1S/C25H23NO5/c27-24(23-17-29-21-13-7-8-14-22(21)31-23)26-20(15-18-9-3-1-4-10-18)25(28)30-16-19-11-5-2-6-12-19/h1-14,20,23H,15-17H2,(H,26,27)/t20-,23?/m0/s1. The second-order valence-electron chi connectivity index (χ2n) is 7.21. The van der Waals surface area contributed by atoms with Crippen molar-refractivity contribution in [2.45, 2.75) is 25.2 Å². The molecule has 0 aliphatic carbocycles. The maximum absolute atomic E-state index is 12.9. The molecular weight excluding hydrogens is 394 g/mol. The molecule has 0 fully saturated rings. The van der Waals surface area contributed by atoms with Gasteiger partial charge in [-0.15, -0.1) is 0 Å². The van der Waals surface area contributed by atoms with Crippen LogP contribution in [0.3, 0.4) is 0 Å². The Morgan fingerprint density at radius 3 is 2.19 bits per heavy atom. The normalized spacial score (nSPS) is 15.5. The fourth-order valence-corrected chi connectivity index (χ4v) is 3.29. The third-order valence-electron chi connectivity index (χ3n) is 4.91. The maximum Gasteiger partial charge on any atom is 0.329 e. The van der Waals surface area contributed by atoms with Crippen molar-refractivity contribution in [1.82, 2.24) is 5.32 Å². The van der Waals surface area contributed by atoms with E-state index in [0.717, 1.165) is 11.1 Å². The Morgan fingerprint density at radius 1 is 0.871 bits per heavy atom. The van der Waals surface area contributed by atoms with Gasteiger partial charge >= 0.3 is 5.97 Å². The Hall–Kier alpha value is -3.80. The first-order valence-electron chi connectivity index (χ1n) is 10.1. The molecule has 6 nitrogen and oxygen atoms in total. The van der Waals surface area contributed by atoms with Gasteiger partial charge in [0.15, 0.2) is 11.5 Å². The number of esters is 1. The summed E-state index contributed by atoms with van der Waals surface area (Å²) in [5.41, 5.74) is 1.79. The molecular formula is C25H23NO5. The number of amides is 1. The third kappa shape index (κ3) is 5.42. The summed E-state index contributed by atoms with van der Waals surface area (Å²) in [5.74, 6) is 0.167. The molecule has 1 N–H and O–H groups in total. The van der Waals surface area contributed by atoms with Gasteiger partial charge in [-0.3, -0.25) is 4.79 Å². The minimum Gasteiger partial charge on any atom is -0.485 e. The predicted molar refractivity (Wildman–Crippen MR) is 115 cm³/mol. The summed E-state index contributed by atoms with van der Waals surface area (Å²) in [4.78, 5) is 25.7. The van der Waals surface area contributed by atoms with Gasteiger partial charge in [0.05, 0.1) is 0 Å². The van der Waals surface area contributed by atoms with E-state index in [2.05, 4.69) is 5.32 Å². The van der Waals surface area contributed by atoms with Gasteiger partial charge in [0.25, 0.3) is 5.91 Å². The summed E-state index contributed by atoms with van der Waals surface area (Å²) in [7, 11) is 0. The molecule has 1 unspecified atom stereocenters. The summed E-state index contributed by atoms with van der Waals surface area (Å²) in [6.07, 6.45) is -0.542. The number of fused-ring (bicyclic) bond motifs is 1. The summed E-state index contributed by atoms with van der Waals surface area (Å²) in [6, 6.07) is 25.2. The molecule has 6 heteroatoms. The van der Waals surface area contributed by atoms with Crippen LogP contribution in [0.1, 0.15) is 11.1 Å². The van der Waals surface area contributed by atoms with Crippen LogP contribution in [0, 0.1) is 0 Å². The predicted octanol–water partition coefficient (Wildman–Crippen LogP) is 3.30. The van der Waals surface area contributed by atoms with Crippen molar-refractivity contribution in [2.24, 2.45) is 0 Å². The number of hydrogen-bond donors (Lipinski definition) is 1. The van der Waals surface area contributed by atoms with Gasteiger partial charge in [-0.1, -0.05) is 72.8 Å². The Balaban J connectivity index is 1.43. The summed E-state index contributed by atoms with van der Waals surface area (Å²) in [6.45, 7) is 0.206.